The molecule has 0 unspecified atom stereocenters. The predicted molar refractivity (Wildman–Crippen MR) is 95.1 cm³/mol. The van der Waals surface area contributed by atoms with Crippen LogP contribution in [0.5, 0.6) is 0 Å². The Morgan fingerprint density at radius 3 is 2.44 bits per heavy atom. The molecule has 9 heteroatoms. The Bertz CT molecular complexity index is 759. The molecule has 1 N–H and O–H groups in total. The van der Waals surface area contributed by atoms with Crippen LogP contribution in [0.3, 0.4) is 0 Å². The summed E-state index contributed by atoms with van der Waals surface area (Å²) >= 11 is 6.02. The van der Waals surface area contributed by atoms with Crippen molar-refractivity contribution in [2.24, 2.45) is 0 Å². The summed E-state index contributed by atoms with van der Waals surface area (Å²) in [5.74, 6) is -0.729. The summed E-state index contributed by atoms with van der Waals surface area (Å²) in [5.41, 5.74) is 0.0241. The number of rotatable bonds is 5. The molecule has 1 aromatic rings. The summed E-state index contributed by atoms with van der Waals surface area (Å²) in [6, 6.07) is 3.92. The van der Waals surface area contributed by atoms with E-state index in [2.05, 4.69) is 5.32 Å². The van der Waals surface area contributed by atoms with Gasteiger partial charge in [0, 0.05) is 27.2 Å². The van der Waals surface area contributed by atoms with Gasteiger partial charge in [0.05, 0.1) is 22.0 Å². The normalized spacial score (nSPS) is 15.3. The number of halogens is 1. The van der Waals surface area contributed by atoms with Crippen LogP contribution in [0.25, 0.3) is 0 Å². The second kappa shape index (κ2) is 8.16. The van der Waals surface area contributed by atoms with Crippen molar-refractivity contribution in [2.45, 2.75) is 24.2 Å². The highest BCUT2D eigenvalue weighted by atomic mass is 35.5. The third-order valence-electron chi connectivity index (χ3n) is 4.07. The summed E-state index contributed by atoms with van der Waals surface area (Å²) in [4.78, 5) is 26.1. The Hall–Kier alpha value is -1.64. The highest BCUT2D eigenvalue weighted by Crippen LogP contribution is 2.22. The van der Waals surface area contributed by atoms with Gasteiger partial charge in [-0.15, -0.1) is 0 Å². The van der Waals surface area contributed by atoms with Crippen LogP contribution < -0.4 is 5.32 Å². The van der Waals surface area contributed by atoms with Gasteiger partial charge in [-0.05, 0) is 37.5 Å². The van der Waals surface area contributed by atoms with Crippen LogP contribution in [0.4, 0.5) is 0 Å². The molecule has 0 bridgehead atoms. The van der Waals surface area contributed by atoms with Crippen molar-refractivity contribution < 1.29 is 18.0 Å². The molecule has 0 saturated carbocycles. The average molecular weight is 388 g/mol. The summed E-state index contributed by atoms with van der Waals surface area (Å²) in [6.45, 7) is 1.26. The number of piperidine rings is 1. The molecule has 1 fully saturated rings. The van der Waals surface area contributed by atoms with E-state index in [9.17, 15) is 18.0 Å². The molecule has 7 nitrogen and oxygen atoms in total. The molecule has 0 aromatic heterocycles. The molecule has 0 spiro atoms. The Morgan fingerprint density at radius 2 is 1.84 bits per heavy atom. The highest BCUT2D eigenvalue weighted by Gasteiger charge is 2.22. The van der Waals surface area contributed by atoms with Crippen LogP contribution in [-0.4, -0.2) is 63.2 Å². The Kier molecular flexibility index (Phi) is 6.42. The van der Waals surface area contributed by atoms with Crippen molar-refractivity contribution in [3.63, 3.8) is 0 Å². The van der Waals surface area contributed by atoms with Gasteiger partial charge in [0.15, 0.2) is 0 Å². The summed E-state index contributed by atoms with van der Waals surface area (Å²) < 4.78 is 25.4. The first kappa shape index (κ1) is 19.7. The molecular formula is C16H22ClN3O4S. The standard InChI is InChI=1S/C16H22ClN3O4S/c1-19(2)25(23,24)12-6-7-14(17)13(10-12)16(22)18-11-15(21)20-8-4-3-5-9-20/h6-7,10H,3-5,8-9,11H2,1-2H3,(H,18,22). The maximum atomic E-state index is 12.3. The van der Waals surface area contributed by atoms with Crippen molar-refractivity contribution in [1.82, 2.24) is 14.5 Å². The van der Waals surface area contributed by atoms with E-state index in [1.165, 1.54) is 32.3 Å². The molecule has 0 radical (unpaired) electrons. The average Bonchev–Trinajstić information content (AvgIpc) is 2.60. The van der Waals surface area contributed by atoms with Gasteiger partial charge in [-0.2, -0.15) is 0 Å². The number of likely N-dealkylation sites (tertiary alicyclic amines) is 1. The van der Waals surface area contributed by atoms with E-state index in [-0.39, 0.29) is 27.9 Å². The molecule has 1 aliphatic rings. The fourth-order valence-corrected chi connectivity index (χ4v) is 3.69. The lowest BCUT2D eigenvalue weighted by Crippen LogP contribution is -2.42. The molecular weight excluding hydrogens is 366 g/mol. The number of benzene rings is 1. The molecule has 1 aliphatic heterocycles. The zero-order valence-corrected chi connectivity index (χ0v) is 15.9. The lowest BCUT2D eigenvalue weighted by Gasteiger charge is -2.26. The lowest BCUT2D eigenvalue weighted by atomic mass is 10.1. The molecule has 0 aliphatic carbocycles. The van der Waals surface area contributed by atoms with E-state index in [0.29, 0.717) is 13.1 Å². The number of hydrogen-bond acceptors (Lipinski definition) is 4. The van der Waals surface area contributed by atoms with E-state index in [1.807, 2.05) is 0 Å². The van der Waals surface area contributed by atoms with Crippen LogP contribution in [0.2, 0.25) is 5.02 Å². The van der Waals surface area contributed by atoms with E-state index in [1.54, 1.807) is 4.90 Å². The first-order valence-corrected chi connectivity index (χ1v) is 9.83. The van der Waals surface area contributed by atoms with E-state index >= 15 is 0 Å². The van der Waals surface area contributed by atoms with Crippen LogP contribution in [0.15, 0.2) is 23.1 Å². The first-order chi connectivity index (χ1) is 11.7. The van der Waals surface area contributed by atoms with Crippen LogP contribution >= 0.6 is 11.6 Å². The van der Waals surface area contributed by atoms with Gasteiger partial charge in [-0.25, -0.2) is 12.7 Å². The molecule has 2 rings (SSSR count). The number of hydrogen-bond donors (Lipinski definition) is 1. The Morgan fingerprint density at radius 1 is 1.20 bits per heavy atom. The van der Waals surface area contributed by atoms with Crippen LogP contribution in [0, 0.1) is 0 Å². The zero-order valence-electron chi connectivity index (χ0n) is 14.3. The number of carbonyl (C=O) groups is 2. The second-order valence-electron chi connectivity index (χ2n) is 6.05. The van der Waals surface area contributed by atoms with E-state index in [4.69, 9.17) is 11.6 Å². The van der Waals surface area contributed by atoms with Crippen molar-refractivity contribution >= 4 is 33.4 Å². The van der Waals surface area contributed by atoms with Gasteiger partial charge >= 0.3 is 0 Å². The Balaban J connectivity index is 2.09. The minimum Gasteiger partial charge on any atom is -0.343 e. The largest absolute Gasteiger partial charge is 0.343 e. The number of nitrogens with zero attached hydrogens (tertiary/aromatic N) is 2. The maximum Gasteiger partial charge on any atom is 0.253 e. The third-order valence-corrected chi connectivity index (χ3v) is 6.21. The van der Waals surface area contributed by atoms with Gasteiger partial charge in [-0.3, -0.25) is 9.59 Å². The predicted octanol–water partition coefficient (Wildman–Crippen LogP) is 1.33. The van der Waals surface area contributed by atoms with Gasteiger partial charge in [-0.1, -0.05) is 11.6 Å². The number of sulfonamides is 1. The SMILES string of the molecule is CN(C)S(=O)(=O)c1ccc(Cl)c(C(=O)NCC(=O)N2CCCCC2)c1. The lowest BCUT2D eigenvalue weighted by molar-refractivity contribution is -0.130. The second-order valence-corrected chi connectivity index (χ2v) is 8.61. The molecule has 1 heterocycles. The molecule has 25 heavy (non-hydrogen) atoms. The fraction of sp³-hybridized carbons (Fsp3) is 0.500. The quantitative estimate of drug-likeness (QED) is 0.825. The van der Waals surface area contributed by atoms with Crippen molar-refractivity contribution in [1.29, 1.82) is 0 Å². The monoisotopic (exact) mass is 387 g/mol. The molecule has 1 saturated heterocycles. The summed E-state index contributed by atoms with van der Waals surface area (Å²) in [7, 11) is -0.871. The number of nitrogens with one attached hydrogen (secondary N) is 1. The van der Waals surface area contributed by atoms with Gasteiger partial charge in [0.2, 0.25) is 15.9 Å². The minimum absolute atomic E-state index is 0.0241. The van der Waals surface area contributed by atoms with Crippen molar-refractivity contribution in [3.05, 3.63) is 28.8 Å². The smallest absolute Gasteiger partial charge is 0.253 e. The summed E-state index contributed by atoms with van der Waals surface area (Å²) in [6.07, 6.45) is 3.05. The molecule has 0 atom stereocenters. The first-order valence-electron chi connectivity index (χ1n) is 8.01. The van der Waals surface area contributed by atoms with Crippen molar-refractivity contribution in [3.8, 4) is 0 Å². The number of amides is 2. The Labute approximate surface area is 153 Å². The fourth-order valence-electron chi connectivity index (χ4n) is 2.56. The summed E-state index contributed by atoms with van der Waals surface area (Å²) in [5, 5.41) is 2.65. The van der Waals surface area contributed by atoms with E-state index in [0.717, 1.165) is 23.6 Å². The zero-order chi connectivity index (χ0) is 18.6. The highest BCUT2D eigenvalue weighted by molar-refractivity contribution is 7.89. The molecule has 1 aromatic carbocycles. The van der Waals surface area contributed by atoms with Crippen LogP contribution in [-0.2, 0) is 14.8 Å². The van der Waals surface area contributed by atoms with Gasteiger partial charge in [0.25, 0.3) is 5.91 Å². The van der Waals surface area contributed by atoms with E-state index < -0.39 is 15.9 Å². The van der Waals surface area contributed by atoms with Crippen molar-refractivity contribution in [2.75, 3.05) is 33.7 Å². The number of carbonyl (C=O) groups excluding carboxylic acids is 2. The van der Waals surface area contributed by atoms with Gasteiger partial charge < -0.3 is 10.2 Å². The van der Waals surface area contributed by atoms with Gasteiger partial charge in [0.1, 0.15) is 0 Å². The van der Waals surface area contributed by atoms with Crippen LogP contribution in [0.1, 0.15) is 29.6 Å². The minimum atomic E-state index is -3.68. The molecule has 138 valence electrons. The maximum absolute atomic E-state index is 12.3. The molecule has 2 amide bonds. The third kappa shape index (κ3) is 4.71. The topological polar surface area (TPSA) is 86.8 Å².